The highest BCUT2D eigenvalue weighted by molar-refractivity contribution is 6.32. The van der Waals surface area contributed by atoms with Gasteiger partial charge in [0.05, 0.1) is 22.5 Å². The van der Waals surface area contributed by atoms with E-state index in [1.165, 1.54) is 42.6 Å². The fraction of sp³-hybridized carbons (Fsp3) is 0.111. The summed E-state index contributed by atoms with van der Waals surface area (Å²) in [4.78, 5) is 22.6. The molecule has 0 unspecified atom stereocenters. The number of hydrogen-bond acceptors (Lipinski definition) is 5. The second kappa shape index (κ2) is 8.13. The third-order valence-electron chi connectivity index (χ3n) is 3.94. The molecule has 10 heteroatoms. The molecule has 0 bridgehead atoms. The molecule has 1 aromatic heterocycles. The van der Waals surface area contributed by atoms with Gasteiger partial charge >= 0.3 is 0 Å². The second-order valence-corrected chi connectivity index (χ2v) is 6.14. The molecule has 0 aliphatic carbocycles. The number of nitrogens with one attached hydrogen (secondary N) is 1. The maximum Gasteiger partial charge on any atom is 0.292 e. The zero-order valence-corrected chi connectivity index (χ0v) is 14.9. The van der Waals surface area contributed by atoms with Crippen molar-refractivity contribution in [2.24, 2.45) is 0 Å². The van der Waals surface area contributed by atoms with Gasteiger partial charge < -0.3 is 5.32 Å². The van der Waals surface area contributed by atoms with E-state index in [4.69, 9.17) is 11.6 Å². The number of nitro benzene ring substituents is 1. The highest BCUT2D eigenvalue weighted by Gasteiger charge is 2.12. The number of alkyl halides is 2. The van der Waals surface area contributed by atoms with Crippen LogP contribution in [-0.2, 0) is 6.54 Å². The Bertz CT molecular complexity index is 1050. The van der Waals surface area contributed by atoms with Gasteiger partial charge in [-0.1, -0.05) is 35.9 Å². The summed E-state index contributed by atoms with van der Waals surface area (Å²) in [7, 11) is 0. The van der Waals surface area contributed by atoms with E-state index < -0.39 is 16.9 Å². The Hall–Kier alpha value is -3.33. The van der Waals surface area contributed by atoms with E-state index in [-0.39, 0.29) is 28.5 Å². The van der Waals surface area contributed by atoms with Gasteiger partial charge in [-0.15, -0.1) is 0 Å². The van der Waals surface area contributed by atoms with Gasteiger partial charge in [0, 0.05) is 24.2 Å². The molecule has 0 saturated carbocycles. The fourth-order valence-electron chi connectivity index (χ4n) is 2.43. The molecule has 0 spiro atoms. The first-order chi connectivity index (χ1) is 13.4. The van der Waals surface area contributed by atoms with Gasteiger partial charge in [0.2, 0.25) is 0 Å². The Morgan fingerprint density at radius 3 is 2.36 bits per heavy atom. The average molecular weight is 407 g/mol. The second-order valence-electron chi connectivity index (χ2n) is 5.76. The molecule has 3 aromatic rings. The minimum Gasteiger partial charge on any atom is -0.378 e. The van der Waals surface area contributed by atoms with Crippen molar-refractivity contribution in [3.63, 3.8) is 0 Å². The molecule has 2 aromatic carbocycles. The molecule has 0 aliphatic heterocycles. The van der Waals surface area contributed by atoms with Crippen LogP contribution in [0.4, 0.5) is 20.2 Å². The van der Waals surface area contributed by atoms with Crippen LogP contribution in [-0.4, -0.2) is 14.7 Å². The lowest BCUT2D eigenvalue weighted by Gasteiger charge is -2.11. The van der Waals surface area contributed by atoms with E-state index in [2.05, 4.69) is 10.4 Å². The van der Waals surface area contributed by atoms with Gasteiger partial charge in [0.25, 0.3) is 17.7 Å². The summed E-state index contributed by atoms with van der Waals surface area (Å²) in [6, 6.07) is 11.0. The van der Waals surface area contributed by atoms with Crippen LogP contribution in [0.2, 0.25) is 5.02 Å². The van der Waals surface area contributed by atoms with Crippen LogP contribution in [0.5, 0.6) is 0 Å². The van der Waals surface area contributed by atoms with Crippen LogP contribution in [0.1, 0.15) is 17.6 Å². The van der Waals surface area contributed by atoms with Crippen molar-refractivity contribution in [1.29, 1.82) is 0 Å². The van der Waals surface area contributed by atoms with Gasteiger partial charge in [-0.25, -0.2) is 8.78 Å². The third-order valence-corrected chi connectivity index (χ3v) is 4.30. The van der Waals surface area contributed by atoms with Crippen molar-refractivity contribution in [1.82, 2.24) is 9.78 Å². The van der Waals surface area contributed by atoms with E-state index in [9.17, 15) is 23.7 Å². The van der Waals surface area contributed by atoms with E-state index >= 15 is 0 Å². The van der Waals surface area contributed by atoms with Crippen molar-refractivity contribution in [2.75, 3.05) is 5.32 Å². The molecular formula is C18H13ClF2N4O3. The number of anilines is 1. The molecule has 1 heterocycles. The maximum absolute atomic E-state index is 12.6. The number of halogens is 3. The normalized spacial score (nSPS) is 10.9. The molecule has 28 heavy (non-hydrogen) atoms. The number of aromatic nitrogens is 2. The zero-order valence-electron chi connectivity index (χ0n) is 14.2. The van der Waals surface area contributed by atoms with Crippen molar-refractivity contribution < 1.29 is 13.7 Å². The van der Waals surface area contributed by atoms with Gasteiger partial charge in [0.15, 0.2) is 0 Å². The van der Waals surface area contributed by atoms with Crippen LogP contribution in [0.15, 0.2) is 59.5 Å². The molecule has 0 amide bonds. The lowest BCUT2D eigenvalue weighted by atomic mass is 10.1. The summed E-state index contributed by atoms with van der Waals surface area (Å²) < 4.78 is 26.2. The summed E-state index contributed by atoms with van der Waals surface area (Å²) in [5.74, 6) is 0. The highest BCUT2D eigenvalue weighted by Crippen LogP contribution is 2.21. The van der Waals surface area contributed by atoms with E-state index in [1.807, 2.05) is 0 Å². The van der Waals surface area contributed by atoms with Crippen molar-refractivity contribution in [3.05, 3.63) is 91.3 Å². The van der Waals surface area contributed by atoms with Crippen LogP contribution in [0.25, 0.3) is 5.69 Å². The standard InChI is InChI=1S/C18H13ClF2N4O3/c19-16-15(22-9-11-1-3-12(4-2-11)17(20)21)10-23-24(18(16)26)13-5-7-14(8-6-13)25(27)28/h1-8,10,17,22H,9H2. The Balaban J connectivity index is 1.78. The lowest BCUT2D eigenvalue weighted by molar-refractivity contribution is -0.384. The minimum atomic E-state index is -2.53. The maximum atomic E-state index is 12.6. The summed E-state index contributed by atoms with van der Waals surface area (Å²) in [6.45, 7) is 0.256. The predicted octanol–water partition coefficient (Wildman–Crippen LogP) is 4.34. The summed E-state index contributed by atoms with van der Waals surface area (Å²) in [5.41, 5.74) is 0.538. The van der Waals surface area contributed by atoms with Gasteiger partial charge in [-0.3, -0.25) is 14.9 Å². The number of hydrogen-bond donors (Lipinski definition) is 1. The highest BCUT2D eigenvalue weighted by atomic mass is 35.5. The van der Waals surface area contributed by atoms with Crippen LogP contribution >= 0.6 is 11.6 Å². The third kappa shape index (κ3) is 4.15. The molecule has 7 nitrogen and oxygen atoms in total. The summed E-state index contributed by atoms with van der Waals surface area (Å²) in [6.07, 6.45) is -1.19. The van der Waals surface area contributed by atoms with Crippen molar-refractivity contribution >= 4 is 23.0 Å². The van der Waals surface area contributed by atoms with Gasteiger partial charge in [0.1, 0.15) is 5.02 Å². The molecule has 0 fully saturated rings. The number of nitrogens with zero attached hydrogens (tertiary/aromatic N) is 3. The summed E-state index contributed by atoms with van der Waals surface area (Å²) in [5, 5.41) is 17.6. The van der Waals surface area contributed by atoms with E-state index in [0.29, 0.717) is 5.69 Å². The van der Waals surface area contributed by atoms with E-state index in [0.717, 1.165) is 10.2 Å². The quantitative estimate of drug-likeness (QED) is 0.485. The minimum absolute atomic E-state index is 0.0749. The number of benzene rings is 2. The smallest absolute Gasteiger partial charge is 0.292 e. The Kier molecular flexibility index (Phi) is 5.65. The summed E-state index contributed by atoms with van der Waals surface area (Å²) >= 11 is 6.12. The van der Waals surface area contributed by atoms with E-state index in [1.54, 1.807) is 12.1 Å². The van der Waals surface area contributed by atoms with Gasteiger partial charge in [-0.05, 0) is 17.7 Å². The van der Waals surface area contributed by atoms with Crippen molar-refractivity contribution in [2.45, 2.75) is 13.0 Å². The van der Waals surface area contributed by atoms with Crippen molar-refractivity contribution in [3.8, 4) is 5.69 Å². The predicted molar refractivity (Wildman–Crippen MR) is 100 cm³/mol. The Morgan fingerprint density at radius 2 is 1.79 bits per heavy atom. The molecular weight excluding hydrogens is 394 g/mol. The molecule has 0 saturated heterocycles. The molecule has 0 atom stereocenters. The first-order valence-electron chi connectivity index (χ1n) is 8.00. The number of nitro groups is 1. The zero-order chi connectivity index (χ0) is 20.3. The first kappa shape index (κ1) is 19.4. The molecule has 1 N–H and O–H groups in total. The van der Waals surface area contributed by atoms with Crippen LogP contribution < -0.4 is 10.9 Å². The van der Waals surface area contributed by atoms with Crippen LogP contribution in [0.3, 0.4) is 0 Å². The first-order valence-corrected chi connectivity index (χ1v) is 8.38. The Labute approximate surface area is 162 Å². The topological polar surface area (TPSA) is 90.1 Å². The monoisotopic (exact) mass is 406 g/mol. The number of non-ortho nitro benzene ring substituents is 1. The largest absolute Gasteiger partial charge is 0.378 e. The molecule has 0 radical (unpaired) electrons. The Morgan fingerprint density at radius 1 is 1.14 bits per heavy atom. The SMILES string of the molecule is O=c1c(Cl)c(NCc2ccc(C(F)F)cc2)cnn1-c1ccc([N+](=O)[O-])cc1. The molecule has 0 aliphatic rings. The van der Waals surface area contributed by atoms with Gasteiger partial charge in [-0.2, -0.15) is 9.78 Å². The molecule has 144 valence electrons. The average Bonchev–Trinajstić information content (AvgIpc) is 2.69. The molecule has 3 rings (SSSR count). The lowest BCUT2D eigenvalue weighted by Crippen LogP contribution is -2.22. The fourth-order valence-corrected chi connectivity index (χ4v) is 2.63. The number of rotatable bonds is 6. The van der Waals surface area contributed by atoms with Crippen LogP contribution in [0, 0.1) is 10.1 Å².